The highest BCUT2D eigenvalue weighted by molar-refractivity contribution is 6.06. The Morgan fingerprint density at radius 2 is 2.00 bits per heavy atom. The van der Waals surface area contributed by atoms with Gasteiger partial charge in [0.05, 0.1) is 23.3 Å². The third-order valence-corrected chi connectivity index (χ3v) is 4.46. The van der Waals surface area contributed by atoms with Gasteiger partial charge in [0.15, 0.2) is 0 Å². The van der Waals surface area contributed by atoms with Crippen LogP contribution in [-0.4, -0.2) is 25.8 Å². The van der Waals surface area contributed by atoms with Crippen molar-refractivity contribution in [2.75, 3.05) is 0 Å². The third-order valence-electron chi connectivity index (χ3n) is 4.46. The van der Waals surface area contributed by atoms with Gasteiger partial charge in [-0.25, -0.2) is 9.97 Å². The molecule has 0 bridgehead atoms. The van der Waals surface area contributed by atoms with Crippen molar-refractivity contribution in [1.82, 2.24) is 19.9 Å². The predicted molar refractivity (Wildman–Crippen MR) is 95.9 cm³/mol. The Kier molecular flexibility index (Phi) is 3.92. The molecule has 1 aromatic carbocycles. The maximum Gasteiger partial charge on any atom is 0.255 e. The molecular formula is C20H20N4O. The minimum Gasteiger partial charge on any atom is -0.328 e. The van der Waals surface area contributed by atoms with Crippen LogP contribution >= 0.6 is 0 Å². The lowest BCUT2D eigenvalue weighted by atomic mass is 10.1. The molecule has 0 N–H and O–H groups in total. The number of pyridine rings is 1. The molecule has 0 saturated carbocycles. The summed E-state index contributed by atoms with van der Waals surface area (Å²) in [5.41, 5.74) is 3.54. The van der Waals surface area contributed by atoms with E-state index >= 15 is 0 Å². The molecule has 126 valence electrons. The summed E-state index contributed by atoms with van der Waals surface area (Å²) in [6.45, 7) is 5.41. The standard InChI is InChI=1S/C20H20N4O/c1-13(2)9-19-22-10-14-11-24(12-18(14)23-19)20(25)16-7-8-21-17-6-4-3-5-15(16)17/h3-8,10,13H,9,11-12H2,1-2H3. The number of hydrogen-bond acceptors (Lipinski definition) is 4. The third kappa shape index (κ3) is 2.97. The van der Waals surface area contributed by atoms with Gasteiger partial charge < -0.3 is 4.90 Å². The summed E-state index contributed by atoms with van der Waals surface area (Å²) in [4.78, 5) is 28.3. The van der Waals surface area contributed by atoms with Crippen molar-refractivity contribution in [2.45, 2.75) is 33.4 Å². The first-order valence-electron chi connectivity index (χ1n) is 8.58. The highest BCUT2D eigenvalue weighted by Crippen LogP contribution is 2.25. The summed E-state index contributed by atoms with van der Waals surface area (Å²) in [6, 6.07) is 9.53. The second-order valence-electron chi connectivity index (χ2n) is 6.89. The number of nitrogens with zero attached hydrogens (tertiary/aromatic N) is 4. The number of rotatable bonds is 3. The van der Waals surface area contributed by atoms with Crippen LogP contribution < -0.4 is 0 Å². The molecule has 4 rings (SSSR count). The minimum atomic E-state index is 0.0157. The molecule has 3 heterocycles. The molecular weight excluding hydrogens is 312 g/mol. The average molecular weight is 332 g/mol. The van der Waals surface area contributed by atoms with E-state index in [1.165, 1.54) is 0 Å². The Hall–Kier alpha value is -2.82. The lowest BCUT2D eigenvalue weighted by molar-refractivity contribution is 0.0752. The van der Waals surface area contributed by atoms with Crippen LogP contribution in [0.15, 0.2) is 42.7 Å². The van der Waals surface area contributed by atoms with Gasteiger partial charge in [-0.1, -0.05) is 32.0 Å². The fourth-order valence-electron chi connectivity index (χ4n) is 3.25. The Morgan fingerprint density at radius 1 is 1.16 bits per heavy atom. The zero-order chi connectivity index (χ0) is 17.4. The van der Waals surface area contributed by atoms with Crippen molar-refractivity contribution >= 4 is 16.8 Å². The van der Waals surface area contributed by atoms with Crippen LogP contribution in [0.2, 0.25) is 0 Å². The van der Waals surface area contributed by atoms with Gasteiger partial charge in [-0.15, -0.1) is 0 Å². The largest absolute Gasteiger partial charge is 0.328 e. The van der Waals surface area contributed by atoms with E-state index in [1.807, 2.05) is 35.4 Å². The molecule has 0 unspecified atom stereocenters. The van der Waals surface area contributed by atoms with Gasteiger partial charge in [0.25, 0.3) is 5.91 Å². The molecule has 0 atom stereocenters. The van der Waals surface area contributed by atoms with Crippen LogP contribution in [0.1, 0.15) is 41.3 Å². The van der Waals surface area contributed by atoms with Gasteiger partial charge in [0, 0.05) is 36.3 Å². The Labute approximate surface area is 146 Å². The van der Waals surface area contributed by atoms with E-state index in [0.717, 1.165) is 34.4 Å². The van der Waals surface area contributed by atoms with Gasteiger partial charge in [-0.3, -0.25) is 9.78 Å². The van der Waals surface area contributed by atoms with Crippen molar-refractivity contribution in [1.29, 1.82) is 0 Å². The fraction of sp³-hybridized carbons (Fsp3) is 0.300. The van der Waals surface area contributed by atoms with E-state index in [-0.39, 0.29) is 5.91 Å². The molecule has 2 aromatic heterocycles. The van der Waals surface area contributed by atoms with Gasteiger partial charge in [-0.05, 0) is 18.1 Å². The summed E-state index contributed by atoms with van der Waals surface area (Å²) in [6.07, 6.45) is 4.42. The zero-order valence-corrected chi connectivity index (χ0v) is 14.4. The second-order valence-corrected chi connectivity index (χ2v) is 6.89. The first kappa shape index (κ1) is 15.7. The number of fused-ring (bicyclic) bond motifs is 2. The number of amides is 1. The van der Waals surface area contributed by atoms with Crippen LogP contribution in [0.5, 0.6) is 0 Å². The van der Waals surface area contributed by atoms with E-state index in [4.69, 9.17) is 0 Å². The molecule has 0 radical (unpaired) electrons. The van der Waals surface area contributed by atoms with Crippen molar-refractivity contribution in [3.05, 3.63) is 65.4 Å². The SMILES string of the molecule is CC(C)Cc1ncc2c(n1)CN(C(=O)c1ccnc3ccccc13)C2. The first-order chi connectivity index (χ1) is 12.1. The molecule has 0 saturated heterocycles. The number of benzene rings is 1. The smallest absolute Gasteiger partial charge is 0.255 e. The van der Waals surface area contributed by atoms with Gasteiger partial charge in [-0.2, -0.15) is 0 Å². The van der Waals surface area contributed by atoms with Crippen molar-refractivity contribution in [3.8, 4) is 0 Å². The average Bonchev–Trinajstić information content (AvgIpc) is 3.03. The molecule has 5 nitrogen and oxygen atoms in total. The Bertz CT molecular complexity index is 946. The van der Waals surface area contributed by atoms with Crippen LogP contribution in [0.4, 0.5) is 0 Å². The predicted octanol–water partition coefficient (Wildman–Crippen LogP) is 3.38. The quantitative estimate of drug-likeness (QED) is 0.738. The maximum atomic E-state index is 13.0. The number of carbonyl (C=O) groups excluding carboxylic acids is 1. The highest BCUT2D eigenvalue weighted by Gasteiger charge is 2.27. The maximum absolute atomic E-state index is 13.0. The molecule has 0 fully saturated rings. The van der Waals surface area contributed by atoms with E-state index in [9.17, 15) is 4.79 Å². The van der Waals surface area contributed by atoms with E-state index in [1.54, 1.807) is 12.3 Å². The molecule has 1 amide bonds. The molecule has 5 heteroatoms. The van der Waals surface area contributed by atoms with Crippen LogP contribution in [0.3, 0.4) is 0 Å². The van der Waals surface area contributed by atoms with E-state index in [2.05, 4.69) is 28.8 Å². The number of aromatic nitrogens is 3. The number of hydrogen-bond donors (Lipinski definition) is 0. The highest BCUT2D eigenvalue weighted by atomic mass is 16.2. The van der Waals surface area contributed by atoms with Crippen LogP contribution in [-0.2, 0) is 19.5 Å². The van der Waals surface area contributed by atoms with Crippen LogP contribution in [0, 0.1) is 5.92 Å². The molecule has 3 aromatic rings. The lowest BCUT2D eigenvalue weighted by Gasteiger charge is -2.16. The molecule has 1 aliphatic heterocycles. The van der Waals surface area contributed by atoms with Gasteiger partial charge in [0.2, 0.25) is 0 Å². The topological polar surface area (TPSA) is 59.0 Å². The summed E-state index contributed by atoms with van der Waals surface area (Å²) >= 11 is 0. The van der Waals surface area contributed by atoms with E-state index in [0.29, 0.717) is 24.6 Å². The van der Waals surface area contributed by atoms with Gasteiger partial charge >= 0.3 is 0 Å². The Balaban J connectivity index is 1.61. The lowest BCUT2D eigenvalue weighted by Crippen LogP contribution is -2.25. The fourth-order valence-corrected chi connectivity index (χ4v) is 3.25. The molecule has 1 aliphatic rings. The van der Waals surface area contributed by atoms with Gasteiger partial charge in [0.1, 0.15) is 5.82 Å². The summed E-state index contributed by atoms with van der Waals surface area (Å²) in [5, 5.41) is 0.887. The van der Waals surface area contributed by atoms with Crippen molar-refractivity contribution < 1.29 is 4.79 Å². The summed E-state index contributed by atoms with van der Waals surface area (Å²) in [7, 11) is 0. The molecule has 25 heavy (non-hydrogen) atoms. The number of para-hydroxylation sites is 1. The zero-order valence-electron chi connectivity index (χ0n) is 14.4. The molecule has 0 spiro atoms. The second kappa shape index (κ2) is 6.24. The normalized spacial score (nSPS) is 13.5. The van der Waals surface area contributed by atoms with E-state index < -0.39 is 0 Å². The first-order valence-corrected chi connectivity index (χ1v) is 8.58. The summed E-state index contributed by atoms with van der Waals surface area (Å²) < 4.78 is 0. The van der Waals surface area contributed by atoms with Crippen LogP contribution in [0.25, 0.3) is 10.9 Å². The summed E-state index contributed by atoms with van der Waals surface area (Å²) in [5.74, 6) is 1.39. The van der Waals surface area contributed by atoms with Crippen molar-refractivity contribution in [2.24, 2.45) is 5.92 Å². The monoisotopic (exact) mass is 332 g/mol. The molecule has 0 aliphatic carbocycles. The van der Waals surface area contributed by atoms with Crippen molar-refractivity contribution in [3.63, 3.8) is 0 Å². The Morgan fingerprint density at radius 3 is 2.84 bits per heavy atom. The number of carbonyl (C=O) groups is 1. The minimum absolute atomic E-state index is 0.0157.